The van der Waals surface area contributed by atoms with Crippen LogP contribution in [0.3, 0.4) is 0 Å². The lowest BCUT2D eigenvalue weighted by Gasteiger charge is -2.18. The standard InChI is InChI=1S/C11H16BrN5/c1-7(2)9(6-13)14-11-15-10-8(12)4-3-5-17(10)16-11/h3-5,7,9H,6,13H2,1-2H3,(H,14,16). The van der Waals surface area contributed by atoms with Gasteiger partial charge in [-0.05, 0) is 34.0 Å². The van der Waals surface area contributed by atoms with Crippen LogP contribution in [0.25, 0.3) is 5.65 Å². The quantitative estimate of drug-likeness (QED) is 0.904. The van der Waals surface area contributed by atoms with Crippen LogP contribution in [0.5, 0.6) is 0 Å². The molecule has 2 heterocycles. The molecule has 1 atom stereocenters. The molecule has 5 nitrogen and oxygen atoms in total. The second kappa shape index (κ2) is 5.01. The zero-order valence-corrected chi connectivity index (χ0v) is 11.5. The molecule has 0 saturated heterocycles. The van der Waals surface area contributed by atoms with Crippen LogP contribution in [-0.4, -0.2) is 27.2 Å². The Morgan fingerprint density at radius 1 is 1.53 bits per heavy atom. The summed E-state index contributed by atoms with van der Waals surface area (Å²) in [5.74, 6) is 1.05. The summed E-state index contributed by atoms with van der Waals surface area (Å²) in [5.41, 5.74) is 6.51. The lowest BCUT2D eigenvalue weighted by molar-refractivity contribution is 0.528. The van der Waals surface area contributed by atoms with Gasteiger partial charge in [0.05, 0.1) is 4.47 Å². The summed E-state index contributed by atoms with van der Waals surface area (Å²) in [6.07, 6.45) is 1.87. The Morgan fingerprint density at radius 2 is 2.29 bits per heavy atom. The Balaban J connectivity index is 2.28. The van der Waals surface area contributed by atoms with Gasteiger partial charge in [-0.15, -0.1) is 5.10 Å². The van der Waals surface area contributed by atoms with Crippen molar-refractivity contribution in [3.8, 4) is 0 Å². The molecule has 6 heteroatoms. The van der Waals surface area contributed by atoms with Crippen molar-refractivity contribution in [2.75, 3.05) is 11.9 Å². The molecule has 0 radical (unpaired) electrons. The maximum Gasteiger partial charge on any atom is 0.243 e. The molecular formula is C11H16BrN5. The van der Waals surface area contributed by atoms with Crippen LogP contribution < -0.4 is 11.1 Å². The molecule has 2 aromatic heterocycles. The number of aromatic nitrogens is 3. The van der Waals surface area contributed by atoms with Crippen LogP contribution in [0.1, 0.15) is 13.8 Å². The number of nitrogens with zero attached hydrogens (tertiary/aromatic N) is 3. The summed E-state index contributed by atoms with van der Waals surface area (Å²) in [6, 6.07) is 4.04. The first kappa shape index (κ1) is 12.3. The van der Waals surface area contributed by atoms with E-state index in [-0.39, 0.29) is 6.04 Å². The summed E-state index contributed by atoms with van der Waals surface area (Å²) in [4.78, 5) is 4.42. The fraction of sp³-hybridized carbons (Fsp3) is 0.455. The van der Waals surface area contributed by atoms with Crippen LogP contribution >= 0.6 is 15.9 Å². The van der Waals surface area contributed by atoms with E-state index in [2.05, 4.69) is 45.2 Å². The molecule has 1 unspecified atom stereocenters. The van der Waals surface area contributed by atoms with E-state index in [4.69, 9.17) is 5.73 Å². The van der Waals surface area contributed by atoms with Crippen molar-refractivity contribution in [2.45, 2.75) is 19.9 Å². The second-order valence-electron chi connectivity index (χ2n) is 4.29. The first-order valence-corrected chi connectivity index (χ1v) is 6.38. The number of nitrogens with two attached hydrogens (primary N) is 1. The fourth-order valence-corrected chi connectivity index (χ4v) is 2.02. The van der Waals surface area contributed by atoms with E-state index in [1.54, 1.807) is 4.52 Å². The highest BCUT2D eigenvalue weighted by atomic mass is 79.9. The van der Waals surface area contributed by atoms with Crippen molar-refractivity contribution in [3.63, 3.8) is 0 Å². The third-order valence-electron chi connectivity index (χ3n) is 2.69. The van der Waals surface area contributed by atoms with Gasteiger partial charge in [0.15, 0.2) is 5.65 Å². The van der Waals surface area contributed by atoms with E-state index >= 15 is 0 Å². The zero-order chi connectivity index (χ0) is 12.4. The molecule has 92 valence electrons. The number of hydrogen-bond donors (Lipinski definition) is 2. The van der Waals surface area contributed by atoms with Gasteiger partial charge in [-0.1, -0.05) is 13.8 Å². The van der Waals surface area contributed by atoms with Crippen molar-refractivity contribution < 1.29 is 0 Å². The summed E-state index contributed by atoms with van der Waals surface area (Å²) < 4.78 is 2.66. The third-order valence-corrected chi connectivity index (χ3v) is 3.31. The Bertz CT molecular complexity index is 508. The van der Waals surface area contributed by atoms with Gasteiger partial charge in [0.2, 0.25) is 5.95 Å². The van der Waals surface area contributed by atoms with E-state index < -0.39 is 0 Å². The predicted molar refractivity (Wildman–Crippen MR) is 72.0 cm³/mol. The Labute approximate surface area is 109 Å². The SMILES string of the molecule is CC(C)C(CN)Nc1nc2c(Br)cccn2n1. The highest BCUT2D eigenvalue weighted by Crippen LogP contribution is 2.17. The molecule has 0 aromatic carbocycles. The minimum absolute atomic E-state index is 0.186. The number of rotatable bonds is 4. The minimum Gasteiger partial charge on any atom is -0.349 e. The number of hydrogen-bond acceptors (Lipinski definition) is 4. The highest BCUT2D eigenvalue weighted by Gasteiger charge is 2.14. The normalized spacial score (nSPS) is 13.2. The molecule has 2 aromatic rings. The summed E-state index contributed by atoms with van der Waals surface area (Å²) in [6.45, 7) is 4.81. The van der Waals surface area contributed by atoms with Gasteiger partial charge < -0.3 is 11.1 Å². The van der Waals surface area contributed by atoms with Gasteiger partial charge >= 0.3 is 0 Å². The summed E-state index contributed by atoms with van der Waals surface area (Å²) in [7, 11) is 0. The van der Waals surface area contributed by atoms with Crippen LogP contribution in [0.15, 0.2) is 22.8 Å². The van der Waals surface area contributed by atoms with Gasteiger partial charge in [0.1, 0.15) is 0 Å². The average Bonchev–Trinajstić information content (AvgIpc) is 2.69. The lowest BCUT2D eigenvalue weighted by Crippen LogP contribution is -2.34. The molecule has 0 spiro atoms. The highest BCUT2D eigenvalue weighted by molar-refractivity contribution is 9.10. The second-order valence-corrected chi connectivity index (χ2v) is 5.14. The molecule has 0 aliphatic rings. The molecule has 2 rings (SSSR count). The molecule has 0 amide bonds. The maximum atomic E-state index is 5.71. The van der Waals surface area contributed by atoms with Crippen LogP contribution in [0.4, 0.5) is 5.95 Å². The predicted octanol–water partition coefficient (Wildman–Crippen LogP) is 1.89. The molecule has 0 saturated carbocycles. The number of fused-ring (bicyclic) bond motifs is 1. The molecule has 17 heavy (non-hydrogen) atoms. The van der Waals surface area contributed by atoms with E-state index in [1.807, 2.05) is 18.3 Å². The number of pyridine rings is 1. The molecule has 0 fully saturated rings. The minimum atomic E-state index is 0.186. The van der Waals surface area contributed by atoms with Gasteiger partial charge in [0, 0.05) is 18.8 Å². The first-order valence-electron chi connectivity index (χ1n) is 5.59. The number of nitrogens with one attached hydrogen (secondary N) is 1. The molecule has 3 N–H and O–H groups in total. The Kier molecular flexibility index (Phi) is 3.63. The molecule has 0 aliphatic heterocycles. The Hall–Kier alpha value is -1.14. The lowest BCUT2D eigenvalue weighted by atomic mass is 10.1. The maximum absolute atomic E-state index is 5.71. The topological polar surface area (TPSA) is 68.2 Å². The number of halogens is 1. The van der Waals surface area contributed by atoms with E-state index in [0.717, 1.165) is 10.1 Å². The summed E-state index contributed by atoms with van der Waals surface area (Å²) >= 11 is 3.45. The van der Waals surface area contributed by atoms with Crippen LogP contribution in [0.2, 0.25) is 0 Å². The van der Waals surface area contributed by atoms with Gasteiger partial charge in [0.25, 0.3) is 0 Å². The average molecular weight is 298 g/mol. The molecule has 0 aliphatic carbocycles. The van der Waals surface area contributed by atoms with Crippen molar-refractivity contribution >= 4 is 27.5 Å². The van der Waals surface area contributed by atoms with Gasteiger partial charge in [-0.3, -0.25) is 0 Å². The van der Waals surface area contributed by atoms with Crippen molar-refractivity contribution in [1.29, 1.82) is 0 Å². The Morgan fingerprint density at radius 3 is 2.88 bits per heavy atom. The van der Waals surface area contributed by atoms with E-state index in [1.165, 1.54) is 0 Å². The summed E-state index contributed by atoms with van der Waals surface area (Å²) in [5, 5.41) is 7.61. The van der Waals surface area contributed by atoms with Gasteiger partial charge in [-0.25, -0.2) is 4.52 Å². The largest absolute Gasteiger partial charge is 0.349 e. The number of anilines is 1. The van der Waals surface area contributed by atoms with Crippen molar-refractivity contribution in [1.82, 2.24) is 14.6 Å². The first-order chi connectivity index (χ1) is 8.11. The smallest absolute Gasteiger partial charge is 0.243 e. The third kappa shape index (κ3) is 2.58. The van der Waals surface area contributed by atoms with Gasteiger partial charge in [-0.2, -0.15) is 4.98 Å². The van der Waals surface area contributed by atoms with E-state index in [0.29, 0.717) is 18.4 Å². The van der Waals surface area contributed by atoms with Crippen LogP contribution in [0, 0.1) is 5.92 Å². The monoisotopic (exact) mass is 297 g/mol. The zero-order valence-electron chi connectivity index (χ0n) is 9.89. The van der Waals surface area contributed by atoms with Crippen molar-refractivity contribution in [3.05, 3.63) is 22.8 Å². The van der Waals surface area contributed by atoms with Crippen molar-refractivity contribution in [2.24, 2.45) is 11.7 Å². The molecule has 0 bridgehead atoms. The fourth-order valence-electron chi connectivity index (χ4n) is 1.60. The van der Waals surface area contributed by atoms with Crippen LogP contribution in [-0.2, 0) is 0 Å². The van der Waals surface area contributed by atoms with E-state index in [9.17, 15) is 0 Å². The molecular weight excluding hydrogens is 282 g/mol.